The van der Waals surface area contributed by atoms with Gasteiger partial charge in [0.1, 0.15) is 0 Å². The van der Waals surface area contributed by atoms with Gasteiger partial charge in [0.05, 0.1) is 5.69 Å². The lowest BCUT2D eigenvalue weighted by molar-refractivity contribution is -0.119. The molecule has 1 amide bonds. The van der Waals surface area contributed by atoms with E-state index >= 15 is 0 Å². The van der Waals surface area contributed by atoms with E-state index in [9.17, 15) is 4.79 Å². The van der Waals surface area contributed by atoms with Crippen molar-refractivity contribution < 1.29 is 4.79 Å². The number of hydrogen-bond acceptors (Lipinski definition) is 2. The highest BCUT2D eigenvalue weighted by molar-refractivity contribution is 9.11. The van der Waals surface area contributed by atoms with Gasteiger partial charge in [0.2, 0.25) is 5.91 Å². The Hall–Kier alpha value is -0.550. The van der Waals surface area contributed by atoms with E-state index in [1.54, 1.807) is 0 Å². The molecular formula is C11H12Br2N2O. The summed E-state index contributed by atoms with van der Waals surface area (Å²) in [7, 11) is 0. The van der Waals surface area contributed by atoms with E-state index in [-0.39, 0.29) is 11.9 Å². The van der Waals surface area contributed by atoms with Gasteiger partial charge in [0.25, 0.3) is 0 Å². The molecule has 1 aromatic rings. The number of anilines is 1. The van der Waals surface area contributed by atoms with Crippen molar-refractivity contribution in [3.05, 3.63) is 27.1 Å². The van der Waals surface area contributed by atoms with Crippen molar-refractivity contribution in [3.63, 3.8) is 0 Å². The van der Waals surface area contributed by atoms with Crippen molar-refractivity contribution in [2.45, 2.75) is 18.9 Å². The molecule has 0 aliphatic carbocycles. The molecular weight excluding hydrogens is 336 g/mol. The maximum Gasteiger partial charge on any atom is 0.220 e. The molecule has 1 unspecified atom stereocenters. The third-order valence-electron chi connectivity index (χ3n) is 2.57. The molecule has 1 atom stereocenters. The van der Waals surface area contributed by atoms with Gasteiger partial charge in [0.15, 0.2) is 0 Å². The van der Waals surface area contributed by atoms with Gasteiger partial charge in [-0.25, -0.2) is 0 Å². The van der Waals surface area contributed by atoms with Crippen LogP contribution in [0.3, 0.4) is 0 Å². The lowest BCUT2D eigenvalue weighted by atomic mass is 10.2. The van der Waals surface area contributed by atoms with Gasteiger partial charge < -0.3 is 10.6 Å². The molecule has 5 heteroatoms. The summed E-state index contributed by atoms with van der Waals surface area (Å²) in [4.78, 5) is 11.0. The van der Waals surface area contributed by atoms with E-state index in [0.717, 1.165) is 27.6 Å². The van der Waals surface area contributed by atoms with Crippen molar-refractivity contribution >= 4 is 43.5 Å². The van der Waals surface area contributed by atoms with Crippen LogP contribution in [-0.4, -0.2) is 18.5 Å². The van der Waals surface area contributed by atoms with Gasteiger partial charge >= 0.3 is 0 Å². The van der Waals surface area contributed by atoms with E-state index in [1.165, 1.54) is 0 Å². The molecule has 2 rings (SSSR count). The van der Waals surface area contributed by atoms with Crippen LogP contribution in [0.4, 0.5) is 5.69 Å². The molecule has 0 bridgehead atoms. The van der Waals surface area contributed by atoms with Crippen LogP contribution >= 0.6 is 31.9 Å². The first-order valence-electron chi connectivity index (χ1n) is 5.14. The Morgan fingerprint density at radius 2 is 2.06 bits per heavy atom. The lowest BCUT2D eigenvalue weighted by Crippen LogP contribution is -2.31. The molecule has 0 saturated carbocycles. The second kappa shape index (κ2) is 5.19. The molecule has 1 fully saturated rings. The van der Waals surface area contributed by atoms with Gasteiger partial charge in [-0.1, -0.05) is 6.07 Å². The van der Waals surface area contributed by atoms with Gasteiger partial charge in [-0.2, -0.15) is 0 Å². The SMILES string of the molecule is O=C1CCC(CNc2c(Br)cccc2Br)N1. The summed E-state index contributed by atoms with van der Waals surface area (Å²) in [5, 5.41) is 6.27. The summed E-state index contributed by atoms with van der Waals surface area (Å²) in [6.45, 7) is 0.757. The van der Waals surface area contributed by atoms with Crippen LogP contribution in [0.25, 0.3) is 0 Å². The minimum atomic E-state index is 0.151. The fourth-order valence-electron chi connectivity index (χ4n) is 1.72. The molecule has 2 N–H and O–H groups in total. The predicted molar refractivity (Wildman–Crippen MR) is 71.5 cm³/mol. The average Bonchev–Trinajstić information content (AvgIpc) is 2.63. The minimum absolute atomic E-state index is 0.151. The number of nitrogens with one attached hydrogen (secondary N) is 2. The Morgan fingerprint density at radius 1 is 1.38 bits per heavy atom. The van der Waals surface area contributed by atoms with Crippen LogP contribution in [0.2, 0.25) is 0 Å². The average molecular weight is 348 g/mol. The fourth-order valence-corrected chi connectivity index (χ4v) is 3.00. The highest BCUT2D eigenvalue weighted by Crippen LogP contribution is 2.30. The smallest absolute Gasteiger partial charge is 0.220 e. The molecule has 3 nitrogen and oxygen atoms in total. The van der Waals surface area contributed by atoms with Crippen molar-refractivity contribution in [2.75, 3.05) is 11.9 Å². The molecule has 0 spiro atoms. The van der Waals surface area contributed by atoms with Crippen molar-refractivity contribution in [3.8, 4) is 0 Å². The van der Waals surface area contributed by atoms with E-state index < -0.39 is 0 Å². The number of carbonyl (C=O) groups is 1. The molecule has 1 saturated heterocycles. The molecule has 16 heavy (non-hydrogen) atoms. The standard InChI is InChI=1S/C11H12Br2N2O/c12-8-2-1-3-9(13)11(8)14-6-7-4-5-10(16)15-7/h1-3,7,14H,4-6H2,(H,15,16). The Balaban J connectivity index is 1.97. The van der Waals surface area contributed by atoms with E-state index in [4.69, 9.17) is 0 Å². The number of halogens is 2. The van der Waals surface area contributed by atoms with Crippen LogP contribution in [-0.2, 0) is 4.79 Å². The van der Waals surface area contributed by atoms with Crippen molar-refractivity contribution in [2.24, 2.45) is 0 Å². The van der Waals surface area contributed by atoms with E-state index in [2.05, 4.69) is 42.5 Å². The van der Waals surface area contributed by atoms with Crippen LogP contribution in [0.1, 0.15) is 12.8 Å². The Labute approximate surface area is 111 Å². The quantitative estimate of drug-likeness (QED) is 0.882. The third kappa shape index (κ3) is 2.77. The van der Waals surface area contributed by atoms with Crippen LogP contribution < -0.4 is 10.6 Å². The predicted octanol–water partition coefficient (Wildman–Crippen LogP) is 2.90. The molecule has 0 aromatic heterocycles. The summed E-state index contributed by atoms with van der Waals surface area (Å²) < 4.78 is 2.04. The second-order valence-corrected chi connectivity index (χ2v) is 5.49. The van der Waals surface area contributed by atoms with Crippen LogP contribution in [0.5, 0.6) is 0 Å². The summed E-state index contributed by atoms with van der Waals surface area (Å²) in [5.74, 6) is 0.151. The van der Waals surface area contributed by atoms with Gasteiger partial charge in [-0.05, 0) is 50.4 Å². The zero-order valence-electron chi connectivity index (χ0n) is 8.59. The van der Waals surface area contributed by atoms with Gasteiger partial charge in [-0.3, -0.25) is 4.79 Å². The topological polar surface area (TPSA) is 41.1 Å². The number of amides is 1. The maximum atomic E-state index is 11.0. The zero-order chi connectivity index (χ0) is 11.5. The summed E-state index contributed by atoms with van der Waals surface area (Å²) in [6.07, 6.45) is 1.55. The van der Waals surface area contributed by atoms with Crippen molar-refractivity contribution in [1.29, 1.82) is 0 Å². The van der Waals surface area contributed by atoms with Crippen LogP contribution in [0.15, 0.2) is 27.1 Å². The molecule has 86 valence electrons. The highest BCUT2D eigenvalue weighted by Gasteiger charge is 2.20. The number of carbonyl (C=O) groups excluding carboxylic acids is 1. The number of hydrogen-bond donors (Lipinski definition) is 2. The second-order valence-electron chi connectivity index (χ2n) is 3.78. The summed E-state index contributed by atoms with van der Waals surface area (Å²) >= 11 is 6.98. The maximum absolute atomic E-state index is 11.0. The van der Waals surface area contributed by atoms with E-state index in [0.29, 0.717) is 6.42 Å². The number of rotatable bonds is 3. The fraction of sp³-hybridized carbons (Fsp3) is 0.364. The molecule has 1 aliphatic rings. The lowest BCUT2D eigenvalue weighted by Gasteiger charge is -2.14. The van der Waals surface area contributed by atoms with Crippen LogP contribution in [0, 0.1) is 0 Å². The van der Waals surface area contributed by atoms with Crippen molar-refractivity contribution in [1.82, 2.24) is 5.32 Å². The molecule has 1 heterocycles. The Bertz CT molecular complexity index is 389. The number of para-hydroxylation sites is 1. The largest absolute Gasteiger partial charge is 0.381 e. The third-order valence-corrected chi connectivity index (χ3v) is 3.89. The van der Waals surface area contributed by atoms with Gasteiger partial charge in [-0.15, -0.1) is 0 Å². The first-order valence-corrected chi connectivity index (χ1v) is 6.72. The van der Waals surface area contributed by atoms with Gasteiger partial charge in [0, 0.05) is 28.0 Å². The minimum Gasteiger partial charge on any atom is -0.381 e. The molecule has 1 aromatic carbocycles. The first kappa shape index (κ1) is 11.9. The summed E-state index contributed by atoms with van der Waals surface area (Å²) in [5.41, 5.74) is 1.03. The Morgan fingerprint density at radius 3 is 2.62 bits per heavy atom. The number of benzene rings is 1. The monoisotopic (exact) mass is 346 g/mol. The zero-order valence-corrected chi connectivity index (χ0v) is 11.8. The summed E-state index contributed by atoms with van der Waals surface area (Å²) in [6, 6.07) is 6.18. The van der Waals surface area contributed by atoms with E-state index in [1.807, 2.05) is 18.2 Å². The molecule has 1 aliphatic heterocycles. The first-order chi connectivity index (χ1) is 7.66. The highest BCUT2D eigenvalue weighted by atomic mass is 79.9. The Kier molecular flexibility index (Phi) is 3.86. The normalized spacial score (nSPS) is 19.6. The molecule has 0 radical (unpaired) electrons.